The van der Waals surface area contributed by atoms with Gasteiger partial charge in [-0.15, -0.1) is 11.6 Å². The van der Waals surface area contributed by atoms with E-state index in [1.54, 1.807) is 0 Å². The lowest BCUT2D eigenvalue weighted by atomic mass is 10.3. The highest BCUT2D eigenvalue weighted by molar-refractivity contribution is 6.18. The molecule has 0 spiro atoms. The zero-order chi connectivity index (χ0) is 13.0. The third-order valence-electron chi connectivity index (χ3n) is 2.43. The van der Waals surface area contributed by atoms with Gasteiger partial charge in [-0.2, -0.15) is 5.10 Å². The quantitative estimate of drug-likeness (QED) is 0.821. The van der Waals surface area contributed by atoms with Gasteiger partial charge < -0.3 is 11.1 Å². The Hall–Kier alpha value is -2.01. The number of alkyl halides is 1. The highest BCUT2D eigenvalue weighted by atomic mass is 35.5. The van der Waals surface area contributed by atoms with Crippen LogP contribution in [0.5, 0.6) is 0 Å². The molecule has 18 heavy (non-hydrogen) atoms. The molecule has 0 fully saturated rings. The molecule has 1 aromatic carbocycles. The van der Waals surface area contributed by atoms with E-state index in [2.05, 4.69) is 10.4 Å². The first-order valence-corrected chi connectivity index (χ1v) is 6.00. The molecule has 0 saturated heterocycles. The number of benzene rings is 1. The Balaban J connectivity index is 2.27. The minimum Gasteiger partial charge on any atom is -0.383 e. The van der Waals surface area contributed by atoms with Crippen LogP contribution in [-0.4, -0.2) is 28.1 Å². The molecule has 3 N–H and O–H groups in total. The van der Waals surface area contributed by atoms with Gasteiger partial charge in [-0.05, 0) is 12.1 Å². The first-order chi connectivity index (χ1) is 8.74. The van der Waals surface area contributed by atoms with Crippen molar-refractivity contribution in [3.63, 3.8) is 0 Å². The van der Waals surface area contributed by atoms with Gasteiger partial charge in [0.15, 0.2) is 0 Å². The van der Waals surface area contributed by atoms with Crippen molar-refractivity contribution in [3.05, 3.63) is 42.1 Å². The van der Waals surface area contributed by atoms with Crippen molar-refractivity contribution in [2.24, 2.45) is 0 Å². The van der Waals surface area contributed by atoms with Gasteiger partial charge in [0.25, 0.3) is 5.91 Å². The van der Waals surface area contributed by atoms with Gasteiger partial charge in [-0.25, -0.2) is 4.68 Å². The molecule has 94 valence electrons. The summed E-state index contributed by atoms with van der Waals surface area (Å²) >= 11 is 5.51. The van der Waals surface area contributed by atoms with E-state index in [-0.39, 0.29) is 5.91 Å². The molecule has 0 aliphatic rings. The summed E-state index contributed by atoms with van der Waals surface area (Å²) in [6.45, 7) is 0.399. The number of carbonyl (C=O) groups excluding carboxylic acids is 1. The molecular formula is C12H13ClN4O. The minimum absolute atomic E-state index is 0.268. The largest absolute Gasteiger partial charge is 0.383 e. The van der Waals surface area contributed by atoms with Crippen LogP contribution in [0.25, 0.3) is 5.69 Å². The minimum atomic E-state index is -0.268. The maximum atomic E-state index is 11.8. The average molecular weight is 265 g/mol. The lowest BCUT2D eigenvalue weighted by Crippen LogP contribution is -2.25. The number of carbonyl (C=O) groups is 1. The molecule has 0 aliphatic carbocycles. The number of para-hydroxylation sites is 1. The van der Waals surface area contributed by atoms with E-state index in [0.29, 0.717) is 23.8 Å². The summed E-state index contributed by atoms with van der Waals surface area (Å²) in [5.74, 6) is 0.405. The topological polar surface area (TPSA) is 72.9 Å². The Morgan fingerprint density at radius 2 is 2.11 bits per heavy atom. The third-order valence-corrected chi connectivity index (χ3v) is 2.62. The summed E-state index contributed by atoms with van der Waals surface area (Å²) in [6, 6.07) is 9.39. The Morgan fingerprint density at radius 3 is 2.78 bits per heavy atom. The summed E-state index contributed by atoms with van der Waals surface area (Å²) in [6.07, 6.45) is 1.45. The molecule has 1 heterocycles. The number of rotatable bonds is 4. The molecule has 0 radical (unpaired) electrons. The standard InChI is InChI=1S/C12H13ClN4O/c13-6-7-15-12(18)10-8-16-17(11(10)14)9-4-2-1-3-5-9/h1-5,8H,6-7,14H2,(H,15,18). The molecule has 1 amide bonds. The normalized spacial score (nSPS) is 10.3. The predicted octanol–water partition coefficient (Wildman–Crippen LogP) is 1.42. The maximum absolute atomic E-state index is 11.8. The first-order valence-electron chi connectivity index (χ1n) is 5.47. The van der Waals surface area contributed by atoms with Crippen LogP contribution in [0, 0.1) is 0 Å². The molecule has 5 nitrogen and oxygen atoms in total. The molecule has 0 saturated carbocycles. The van der Waals surface area contributed by atoms with E-state index in [4.69, 9.17) is 17.3 Å². The summed E-state index contributed by atoms with van der Waals surface area (Å²) < 4.78 is 1.52. The molecular weight excluding hydrogens is 252 g/mol. The zero-order valence-corrected chi connectivity index (χ0v) is 10.4. The van der Waals surface area contributed by atoms with Gasteiger partial charge in [0, 0.05) is 12.4 Å². The molecule has 0 unspecified atom stereocenters. The average Bonchev–Trinajstić information content (AvgIpc) is 2.79. The van der Waals surface area contributed by atoms with Gasteiger partial charge in [-0.3, -0.25) is 4.79 Å². The summed E-state index contributed by atoms with van der Waals surface area (Å²) in [5.41, 5.74) is 7.08. The summed E-state index contributed by atoms with van der Waals surface area (Å²) in [7, 11) is 0. The van der Waals surface area contributed by atoms with Gasteiger partial charge in [-0.1, -0.05) is 18.2 Å². The maximum Gasteiger partial charge on any atom is 0.256 e. The van der Waals surface area contributed by atoms with Crippen molar-refractivity contribution in [2.75, 3.05) is 18.2 Å². The second kappa shape index (κ2) is 5.55. The van der Waals surface area contributed by atoms with Gasteiger partial charge >= 0.3 is 0 Å². The van der Waals surface area contributed by atoms with Crippen LogP contribution in [0.1, 0.15) is 10.4 Å². The Labute approximate surface area is 110 Å². The van der Waals surface area contributed by atoms with Gasteiger partial charge in [0.1, 0.15) is 11.4 Å². The number of nitrogens with two attached hydrogens (primary N) is 1. The van der Waals surface area contributed by atoms with E-state index >= 15 is 0 Å². The lowest BCUT2D eigenvalue weighted by molar-refractivity contribution is 0.0957. The van der Waals surface area contributed by atoms with Crippen LogP contribution in [-0.2, 0) is 0 Å². The Kier molecular flexibility index (Phi) is 3.84. The third kappa shape index (κ3) is 2.46. The van der Waals surface area contributed by atoms with Gasteiger partial charge in [0.05, 0.1) is 11.9 Å². The number of nitrogen functional groups attached to an aromatic ring is 1. The fraction of sp³-hybridized carbons (Fsp3) is 0.167. The van der Waals surface area contributed by atoms with E-state index in [0.717, 1.165) is 5.69 Å². The molecule has 2 aromatic rings. The number of halogens is 1. The predicted molar refractivity (Wildman–Crippen MR) is 71.0 cm³/mol. The highest BCUT2D eigenvalue weighted by Crippen LogP contribution is 2.16. The fourth-order valence-corrected chi connectivity index (χ4v) is 1.66. The number of nitrogens with zero attached hydrogens (tertiary/aromatic N) is 2. The highest BCUT2D eigenvalue weighted by Gasteiger charge is 2.15. The number of hydrogen-bond acceptors (Lipinski definition) is 3. The van der Waals surface area contributed by atoms with Crippen LogP contribution in [0.4, 0.5) is 5.82 Å². The fourth-order valence-electron chi connectivity index (χ4n) is 1.56. The van der Waals surface area contributed by atoms with Crippen LogP contribution < -0.4 is 11.1 Å². The van der Waals surface area contributed by atoms with Crippen molar-refractivity contribution in [1.82, 2.24) is 15.1 Å². The van der Waals surface area contributed by atoms with Crippen LogP contribution in [0.2, 0.25) is 0 Å². The van der Waals surface area contributed by atoms with Crippen LogP contribution >= 0.6 is 11.6 Å². The molecule has 6 heteroatoms. The summed E-state index contributed by atoms with van der Waals surface area (Å²) in [4.78, 5) is 11.8. The van der Waals surface area contributed by atoms with Crippen molar-refractivity contribution in [1.29, 1.82) is 0 Å². The van der Waals surface area contributed by atoms with Crippen molar-refractivity contribution in [2.45, 2.75) is 0 Å². The van der Waals surface area contributed by atoms with Crippen LogP contribution in [0.3, 0.4) is 0 Å². The second-order valence-electron chi connectivity index (χ2n) is 3.64. The molecule has 0 atom stereocenters. The van der Waals surface area contributed by atoms with Crippen molar-refractivity contribution < 1.29 is 4.79 Å². The van der Waals surface area contributed by atoms with E-state index in [1.807, 2.05) is 30.3 Å². The number of anilines is 1. The number of aromatic nitrogens is 2. The van der Waals surface area contributed by atoms with Crippen molar-refractivity contribution >= 4 is 23.3 Å². The zero-order valence-electron chi connectivity index (χ0n) is 9.64. The van der Waals surface area contributed by atoms with Gasteiger partial charge in [0.2, 0.25) is 0 Å². The van der Waals surface area contributed by atoms with Crippen LogP contribution in [0.15, 0.2) is 36.5 Å². The molecule has 0 aliphatic heterocycles. The number of amides is 1. The first kappa shape index (κ1) is 12.4. The van der Waals surface area contributed by atoms with E-state index < -0.39 is 0 Å². The number of nitrogens with one attached hydrogen (secondary N) is 1. The molecule has 1 aromatic heterocycles. The summed E-state index contributed by atoms with van der Waals surface area (Å²) in [5, 5.41) is 6.76. The molecule has 2 rings (SSSR count). The Morgan fingerprint density at radius 1 is 1.39 bits per heavy atom. The molecule has 0 bridgehead atoms. The lowest BCUT2D eigenvalue weighted by Gasteiger charge is -2.05. The van der Waals surface area contributed by atoms with E-state index in [9.17, 15) is 4.79 Å². The SMILES string of the molecule is Nc1c(C(=O)NCCCl)cnn1-c1ccccc1. The van der Waals surface area contributed by atoms with E-state index in [1.165, 1.54) is 10.9 Å². The van der Waals surface area contributed by atoms with Crippen molar-refractivity contribution in [3.8, 4) is 5.69 Å². The number of hydrogen-bond donors (Lipinski definition) is 2. The smallest absolute Gasteiger partial charge is 0.256 e. The second-order valence-corrected chi connectivity index (χ2v) is 4.01. The monoisotopic (exact) mass is 264 g/mol. The Bertz CT molecular complexity index is 538.